The lowest BCUT2D eigenvalue weighted by molar-refractivity contribution is -0.151. The van der Waals surface area contributed by atoms with Gasteiger partial charge in [0.1, 0.15) is 6.10 Å². The van der Waals surface area contributed by atoms with E-state index in [9.17, 15) is 4.79 Å². The Kier molecular flexibility index (Phi) is 5.74. The SMILES string of the molecule is C/C=C(\C)C(=O)O[C@H]1C[C@@H](C)CC[C@@H]1C(C)(C)c1cccc2ccccc12. The standard InChI is InChI=1S/C25H32O2/c1-6-18(3)24(26)27-23-16-17(2)14-15-22(23)25(4,5)21-13-9-11-19-10-7-8-12-20(19)21/h6-13,17,22-23H,14-16H2,1-5H3/b18-6+/t17-,22-,23-/m0/s1. The summed E-state index contributed by atoms with van der Waals surface area (Å²) in [6.45, 7) is 10.6. The van der Waals surface area contributed by atoms with Crippen molar-refractivity contribution in [3.8, 4) is 0 Å². The molecule has 2 nitrogen and oxygen atoms in total. The third kappa shape index (κ3) is 3.95. The van der Waals surface area contributed by atoms with Gasteiger partial charge in [0, 0.05) is 11.5 Å². The van der Waals surface area contributed by atoms with Crippen molar-refractivity contribution in [2.45, 2.75) is 65.4 Å². The molecule has 0 radical (unpaired) electrons. The molecule has 1 aliphatic carbocycles. The Morgan fingerprint density at radius 2 is 1.81 bits per heavy atom. The lowest BCUT2D eigenvalue weighted by atomic mass is 9.64. The Balaban J connectivity index is 1.98. The van der Waals surface area contributed by atoms with Crippen molar-refractivity contribution < 1.29 is 9.53 Å². The first-order valence-electron chi connectivity index (χ1n) is 10.2. The normalized spacial score (nSPS) is 24.0. The van der Waals surface area contributed by atoms with Gasteiger partial charge in [-0.3, -0.25) is 0 Å². The van der Waals surface area contributed by atoms with Crippen molar-refractivity contribution >= 4 is 16.7 Å². The minimum Gasteiger partial charge on any atom is -0.459 e. The summed E-state index contributed by atoms with van der Waals surface area (Å²) < 4.78 is 6.04. The maximum Gasteiger partial charge on any atom is 0.333 e. The molecule has 1 aliphatic rings. The van der Waals surface area contributed by atoms with Gasteiger partial charge in [-0.15, -0.1) is 0 Å². The summed E-state index contributed by atoms with van der Waals surface area (Å²) >= 11 is 0. The zero-order chi connectivity index (χ0) is 19.6. The number of hydrogen-bond donors (Lipinski definition) is 0. The number of carbonyl (C=O) groups excluding carboxylic acids is 1. The molecular formula is C25H32O2. The number of hydrogen-bond acceptors (Lipinski definition) is 2. The van der Waals surface area contributed by atoms with Crippen molar-refractivity contribution in [3.63, 3.8) is 0 Å². The van der Waals surface area contributed by atoms with E-state index in [0.29, 0.717) is 17.4 Å². The lowest BCUT2D eigenvalue weighted by Gasteiger charge is -2.44. The highest BCUT2D eigenvalue weighted by Crippen LogP contribution is 2.45. The van der Waals surface area contributed by atoms with Gasteiger partial charge in [-0.05, 0) is 54.4 Å². The van der Waals surface area contributed by atoms with E-state index in [4.69, 9.17) is 4.74 Å². The highest BCUT2D eigenvalue weighted by Gasteiger charge is 2.42. The number of allylic oxidation sites excluding steroid dienone is 1. The summed E-state index contributed by atoms with van der Waals surface area (Å²) in [5.74, 6) is 0.733. The van der Waals surface area contributed by atoms with Gasteiger partial charge in [-0.1, -0.05) is 75.7 Å². The molecule has 3 atom stereocenters. The van der Waals surface area contributed by atoms with E-state index in [0.717, 1.165) is 12.8 Å². The number of benzene rings is 2. The average molecular weight is 365 g/mol. The van der Waals surface area contributed by atoms with E-state index < -0.39 is 0 Å². The summed E-state index contributed by atoms with van der Waals surface area (Å²) in [6, 6.07) is 15.1. The molecule has 3 rings (SSSR count). The molecule has 0 aromatic heterocycles. The van der Waals surface area contributed by atoms with Crippen molar-refractivity contribution in [3.05, 3.63) is 59.7 Å². The molecule has 0 saturated heterocycles. The Morgan fingerprint density at radius 1 is 1.11 bits per heavy atom. The minimum atomic E-state index is -0.171. The molecule has 0 aliphatic heterocycles. The van der Waals surface area contributed by atoms with Crippen molar-refractivity contribution in [1.29, 1.82) is 0 Å². The van der Waals surface area contributed by atoms with E-state index in [1.54, 1.807) is 0 Å². The van der Waals surface area contributed by atoms with Crippen LogP contribution >= 0.6 is 0 Å². The van der Waals surface area contributed by atoms with Crippen LogP contribution in [0, 0.1) is 11.8 Å². The van der Waals surface area contributed by atoms with E-state index >= 15 is 0 Å². The average Bonchev–Trinajstić information content (AvgIpc) is 2.66. The first kappa shape index (κ1) is 19.7. The molecule has 0 bridgehead atoms. The largest absolute Gasteiger partial charge is 0.459 e. The topological polar surface area (TPSA) is 26.3 Å². The van der Waals surface area contributed by atoms with Gasteiger partial charge >= 0.3 is 5.97 Å². The predicted octanol–water partition coefficient (Wildman–Crippen LogP) is 6.43. The Labute approximate surface area is 163 Å². The van der Waals surface area contributed by atoms with E-state index in [-0.39, 0.29) is 17.5 Å². The molecule has 1 fully saturated rings. The fraction of sp³-hybridized carbons (Fsp3) is 0.480. The molecule has 0 spiro atoms. The monoisotopic (exact) mass is 364 g/mol. The van der Waals surface area contributed by atoms with Crippen LogP contribution in [0.3, 0.4) is 0 Å². The van der Waals surface area contributed by atoms with Gasteiger partial charge in [0.2, 0.25) is 0 Å². The fourth-order valence-electron chi connectivity index (χ4n) is 4.62. The molecular weight excluding hydrogens is 332 g/mol. The van der Waals surface area contributed by atoms with Gasteiger partial charge in [-0.25, -0.2) is 4.79 Å². The van der Waals surface area contributed by atoms with Crippen LogP contribution in [0.5, 0.6) is 0 Å². The van der Waals surface area contributed by atoms with Gasteiger partial charge in [0.05, 0.1) is 0 Å². The van der Waals surface area contributed by atoms with Crippen LogP contribution in [0.4, 0.5) is 0 Å². The summed E-state index contributed by atoms with van der Waals surface area (Å²) in [6.07, 6.45) is 5.02. The van der Waals surface area contributed by atoms with Crippen LogP contribution in [0.15, 0.2) is 54.1 Å². The molecule has 2 aromatic carbocycles. The summed E-state index contributed by atoms with van der Waals surface area (Å²) in [5, 5.41) is 2.57. The van der Waals surface area contributed by atoms with E-state index in [1.807, 2.05) is 19.9 Å². The molecule has 0 N–H and O–H groups in total. The number of ether oxygens (including phenoxy) is 1. The fourth-order valence-corrected chi connectivity index (χ4v) is 4.62. The molecule has 144 valence electrons. The zero-order valence-electron chi connectivity index (χ0n) is 17.3. The Morgan fingerprint density at radius 3 is 2.56 bits per heavy atom. The maximum absolute atomic E-state index is 12.5. The van der Waals surface area contributed by atoms with Gasteiger partial charge in [0.25, 0.3) is 0 Å². The molecule has 2 aromatic rings. The summed E-state index contributed by atoms with van der Waals surface area (Å²) in [4.78, 5) is 12.5. The molecule has 0 heterocycles. The van der Waals surface area contributed by atoms with Crippen LogP contribution < -0.4 is 0 Å². The van der Waals surface area contributed by atoms with Crippen molar-refractivity contribution in [2.24, 2.45) is 11.8 Å². The van der Waals surface area contributed by atoms with Gasteiger partial charge < -0.3 is 4.74 Å². The smallest absolute Gasteiger partial charge is 0.333 e. The van der Waals surface area contributed by atoms with Crippen molar-refractivity contribution in [2.75, 3.05) is 0 Å². The molecule has 1 saturated carbocycles. The van der Waals surface area contributed by atoms with E-state index in [2.05, 4.69) is 63.2 Å². The minimum absolute atomic E-state index is 0.0369. The second-order valence-corrected chi connectivity index (χ2v) is 8.69. The van der Waals surface area contributed by atoms with E-state index in [1.165, 1.54) is 22.8 Å². The number of carbonyl (C=O) groups is 1. The molecule has 27 heavy (non-hydrogen) atoms. The third-order valence-corrected chi connectivity index (χ3v) is 6.48. The second-order valence-electron chi connectivity index (χ2n) is 8.69. The van der Waals surface area contributed by atoms with Crippen LogP contribution in [-0.4, -0.2) is 12.1 Å². The predicted molar refractivity (Wildman–Crippen MR) is 113 cm³/mol. The van der Waals surface area contributed by atoms with Crippen LogP contribution in [0.2, 0.25) is 0 Å². The molecule has 2 heteroatoms. The first-order valence-corrected chi connectivity index (χ1v) is 10.2. The molecule has 0 unspecified atom stereocenters. The van der Waals surface area contributed by atoms with Crippen LogP contribution in [-0.2, 0) is 14.9 Å². The lowest BCUT2D eigenvalue weighted by Crippen LogP contribution is -2.43. The highest BCUT2D eigenvalue weighted by atomic mass is 16.5. The third-order valence-electron chi connectivity index (χ3n) is 6.48. The maximum atomic E-state index is 12.5. The molecule has 0 amide bonds. The number of rotatable bonds is 4. The second kappa shape index (κ2) is 7.88. The quantitative estimate of drug-likeness (QED) is 0.461. The van der Waals surface area contributed by atoms with Crippen LogP contribution in [0.1, 0.15) is 59.4 Å². The summed E-state index contributed by atoms with van der Waals surface area (Å²) in [7, 11) is 0. The van der Waals surface area contributed by atoms with Gasteiger partial charge in [-0.2, -0.15) is 0 Å². The van der Waals surface area contributed by atoms with Gasteiger partial charge in [0.15, 0.2) is 0 Å². The Hall–Kier alpha value is -2.09. The zero-order valence-corrected chi connectivity index (χ0v) is 17.3. The number of fused-ring (bicyclic) bond motifs is 1. The number of esters is 1. The highest BCUT2D eigenvalue weighted by molar-refractivity contribution is 5.88. The van der Waals surface area contributed by atoms with Crippen molar-refractivity contribution in [1.82, 2.24) is 0 Å². The summed E-state index contributed by atoms with van der Waals surface area (Å²) in [5.41, 5.74) is 1.97. The first-order chi connectivity index (χ1) is 12.8. The Bertz CT molecular complexity index is 841. The van der Waals surface area contributed by atoms with Crippen LogP contribution in [0.25, 0.3) is 10.8 Å².